The maximum Gasteiger partial charge on any atom is 0.265 e. The van der Waals surface area contributed by atoms with Gasteiger partial charge in [-0.1, -0.05) is 0 Å². The van der Waals surface area contributed by atoms with Crippen LogP contribution < -0.4 is 15.8 Å². The van der Waals surface area contributed by atoms with E-state index < -0.39 is 12.5 Å². The quantitative estimate of drug-likeness (QED) is 0.685. The Morgan fingerprint density at radius 1 is 1.39 bits per heavy atom. The first-order chi connectivity index (χ1) is 8.40. The number of hydrogen-bond acceptors (Lipinski definition) is 4. The number of nitrogen functional groups attached to an aromatic ring is 1. The number of nitrogens with one attached hydrogen (secondary N) is 1. The van der Waals surface area contributed by atoms with Crippen LogP contribution in [0.3, 0.4) is 0 Å². The number of anilines is 2. The van der Waals surface area contributed by atoms with Crippen molar-refractivity contribution in [3.8, 4) is 5.75 Å². The van der Waals surface area contributed by atoms with Gasteiger partial charge >= 0.3 is 0 Å². The summed E-state index contributed by atoms with van der Waals surface area (Å²) in [6, 6.07) is 4.88. The van der Waals surface area contributed by atoms with Gasteiger partial charge < -0.3 is 20.9 Å². The summed E-state index contributed by atoms with van der Waals surface area (Å²) in [5, 5.41) is 11.7. The Balaban J connectivity index is 2.67. The van der Waals surface area contributed by atoms with Gasteiger partial charge in [0.1, 0.15) is 11.9 Å². The van der Waals surface area contributed by atoms with Crippen molar-refractivity contribution in [1.29, 1.82) is 0 Å². The molecule has 18 heavy (non-hydrogen) atoms. The molecule has 0 saturated heterocycles. The summed E-state index contributed by atoms with van der Waals surface area (Å²) in [5.41, 5.74) is 6.76. The third-order valence-corrected chi connectivity index (χ3v) is 2.18. The number of nitrogens with two attached hydrogens (primary N) is 1. The van der Waals surface area contributed by atoms with Crippen LogP contribution in [0.4, 0.5) is 20.2 Å². The highest BCUT2D eigenvalue weighted by Crippen LogP contribution is 2.26. The largest absolute Gasteiger partial charge is 0.489 e. The Bertz CT molecular complexity index is 386. The van der Waals surface area contributed by atoms with Crippen LogP contribution in [-0.2, 0) is 0 Å². The van der Waals surface area contributed by atoms with E-state index >= 15 is 0 Å². The molecule has 1 rings (SSSR count). The number of ether oxygens (including phenoxy) is 1. The number of halogens is 2. The minimum atomic E-state index is -2.77. The second-order valence-electron chi connectivity index (χ2n) is 4.20. The predicted molar refractivity (Wildman–Crippen MR) is 67.1 cm³/mol. The molecule has 0 aliphatic carbocycles. The van der Waals surface area contributed by atoms with Gasteiger partial charge in [-0.05, 0) is 26.0 Å². The lowest BCUT2D eigenvalue weighted by atomic mass is 10.2. The molecule has 0 amide bonds. The summed E-state index contributed by atoms with van der Waals surface area (Å²) in [7, 11) is 0. The summed E-state index contributed by atoms with van der Waals surface area (Å²) in [6.45, 7) is 3.49. The molecule has 102 valence electrons. The van der Waals surface area contributed by atoms with Gasteiger partial charge in [0.25, 0.3) is 6.43 Å². The van der Waals surface area contributed by atoms with Crippen molar-refractivity contribution < 1.29 is 18.6 Å². The van der Waals surface area contributed by atoms with Gasteiger partial charge in [-0.15, -0.1) is 0 Å². The molecule has 0 saturated carbocycles. The molecular weight excluding hydrogens is 242 g/mol. The van der Waals surface area contributed by atoms with Crippen LogP contribution in [0, 0.1) is 0 Å². The van der Waals surface area contributed by atoms with Gasteiger partial charge in [0.05, 0.1) is 11.8 Å². The Morgan fingerprint density at radius 3 is 2.61 bits per heavy atom. The molecular formula is C12H18F2N2O2. The van der Waals surface area contributed by atoms with Gasteiger partial charge in [0.15, 0.2) is 0 Å². The second kappa shape index (κ2) is 6.39. The van der Waals surface area contributed by atoms with E-state index in [1.165, 1.54) is 0 Å². The molecule has 0 heterocycles. The molecule has 0 aliphatic rings. The molecule has 1 aromatic rings. The molecule has 1 aromatic carbocycles. The highest BCUT2D eigenvalue weighted by molar-refractivity contribution is 5.61. The van der Waals surface area contributed by atoms with Crippen LogP contribution in [0.5, 0.6) is 5.75 Å². The van der Waals surface area contributed by atoms with Crippen molar-refractivity contribution in [2.75, 3.05) is 17.6 Å². The first-order valence-corrected chi connectivity index (χ1v) is 5.66. The van der Waals surface area contributed by atoms with Crippen LogP contribution in [0.25, 0.3) is 0 Å². The minimum Gasteiger partial charge on any atom is -0.489 e. The normalized spacial score (nSPS) is 12.8. The zero-order valence-corrected chi connectivity index (χ0v) is 10.4. The lowest BCUT2D eigenvalue weighted by Crippen LogP contribution is -2.26. The maximum atomic E-state index is 12.1. The Hall–Kier alpha value is -1.56. The van der Waals surface area contributed by atoms with Crippen LogP contribution >= 0.6 is 0 Å². The summed E-state index contributed by atoms with van der Waals surface area (Å²) < 4.78 is 29.7. The first-order valence-electron chi connectivity index (χ1n) is 5.66. The highest BCUT2D eigenvalue weighted by atomic mass is 19.3. The average molecular weight is 260 g/mol. The molecule has 1 unspecified atom stereocenters. The van der Waals surface area contributed by atoms with E-state index in [-0.39, 0.29) is 12.6 Å². The summed E-state index contributed by atoms with van der Waals surface area (Å²) in [5.74, 6) is 0.488. The molecule has 4 N–H and O–H groups in total. The summed E-state index contributed by atoms with van der Waals surface area (Å²) in [4.78, 5) is 0. The summed E-state index contributed by atoms with van der Waals surface area (Å²) in [6.07, 6.45) is -4.50. The fourth-order valence-corrected chi connectivity index (χ4v) is 1.31. The third-order valence-electron chi connectivity index (χ3n) is 2.18. The Labute approximate surface area is 105 Å². The van der Waals surface area contributed by atoms with Crippen molar-refractivity contribution in [3.63, 3.8) is 0 Å². The fourth-order valence-electron chi connectivity index (χ4n) is 1.31. The zero-order valence-electron chi connectivity index (χ0n) is 10.4. The average Bonchev–Trinajstić information content (AvgIpc) is 2.28. The number of rotatable bonds is 6. The predicted octanol–water partition coefficient (Wildman–Crippen LogP) is 2.09. The molecule has 6 heteroatoms. The smallest absolute Gasteiger partial charge is 0.265 e. The third kappa shape index (κ3) is 4.37. The number of aliphatic hydroxyl groups excluding tert-OH is 1. The monoisotopic (exact) mass is 260 g/mol. The SMILES string of the molecule is CC(C)Oc1cc(NCC(O)C(F)F)ccc1N. The van der Waals surface area contributed by atoms with Crippen molar-refractivity contribution in [1.82, 2.24) is 0 Å². The molecule has 0 aromatic heterocycles. The van der Waals surface area contributed by atoms with Crippen molar-refractivity contribution in [2.45, 2.75) is 32.5 Å². The van der Waals surface area contributed by atoms with E-state index in [0.29, 0.717) is 17.1 Å². The lowest BCUT2D eigenvalue weighted by Gasteiger charge is -2.15. The highest BCUT2D eigenvalue weighted by Gasteiger charge is 2.16. The van der Waals surface area contributed by atoms with Gasteiger partial charge in [-0.2, -0.15) is 0 Å². The minimum absolute atomic E-state index is 0.0331. The molecule has 1 atom stereocenters. The van der Waals surface area contributed by atoms with Gasteiger partial charge in [-0.3, -0.25) is 0 Å². The van der Waals surface area contributed by atoms with E-state index in [1.807, 2.05) is 13.8 Å². The van der Waals surface area contributed by atoms with Crippen molar-refractivity contribution >= 4 is 11.4 Å². The first kappa shape index (κ1) is 14.5. The van der Waals surface area contributed by atoms with Crippen LogP contribution in [0.15, 0.2) is 18.2 Å². The molecule has 0 aliphatic heterocycles. The number of aliphatic hydroxyl groups is 1. The standard InChI is InChI=1S/C12H18F2N2O2/c1-7(2)18-11-5-8(3-4-9(11)15)16-6-10(17)12(13)14/h3-5,7,10,12,16-17H,6,15H2,1-2H3. The second-order valence-corrected chi connectivity index (χ2v) is 4.20. The van der Waals surface area contributed by atoms with E-state index in [9.17, 15) is 8.78 Å². The molecule has 0 radical (unpaired) electrons. The number of hydrogen-bond donors (Lipinski definition) is 3. The molecule has 0 fully saturated rings. The van der Waals surface area contributed by atoms with Crippen LogP contribution in [-0.4, -0.2) is 30.3 Å². The Morgan fingerprint density at radius 2 is 2.06 bits per heavy atom. The van der Waals surface area contributed by atoms with Gasteiger partial charge in [0, 0.05) is 18.3 Å². The van der Waals surface area contributed by atoms with E-state index in [0.717, 1.165) is 0 Å². The van der Waals surface area contributed by atoms with Crippen molar-refractivity contribution in [3.05, 3.63) is 18.2 Å². The van der Waals surface area contributed by atoms with E-state index in [2.05, 4.69) is 5.32 Å². The number of alkyl halides is 2. The van der Waals surface area contributed by atoms with Crippen molar-refractivity contribution in [2.24, 2.45) is 0 Å². The Kier molecular flexibility index (Phi) is 5.15. The van der Waals surface area contributed by atoms with Gasteiger partial charge in [0.2, 0.25) is 0 Å². The van der Waals surface area contributed by atoms with E-state index in [4.69, 9.17) is 15.6 Å². The molecule has 0 bridgehead atoms. The zero-order chi connectivity index (χ0) is 13.7. The number of benzene rings is 1. The topological polar surface area (TPSA) is 67.5 Å². The summed E-state index contributed by atoms with van der Waals surface area (Å²) >= 11 is 0. The lowest BCUT2D eigenvalue weighted by molar-refractivity contribution is 0.00384. The molecule has 0 spiro atoms. The molecule has 4 nitrogen and oxygen atoms in total. The van der Waals surface area contributed by atoms with Crippen LogP contribution in [0.2, 0.25) is 0 Å². The maximum absolute atomic E-state index is 12.1. The fraction of sp³-hybridized carbons (Fsp3) is 0.500. The van der Waals surface area contributed by atoms with Gasteiger partial charge in [-0.25, -0.2) is 8.78 Å². The van der Waals surface area contributed by atoms with E-state index in [1.54, 1.807) is 18.2 Å². The van der Waals surface area contributed by atoms with Crippen LogP contribution in [0.1, 0.15) is 13.8 Å².